The van der Waals surface area contributed by atoms with Gasteiger partial charge in [0.05, 0.1) is 5.69 Å². The average Bonchev–Trinajstić information content (AvgIpc) is 2.45. The van der Waals surface area contributed by atoms with Crippen LogP contribution in [0, 0.1) is 0 Å². The number of hydrogen-bond donors (Lipinski definition) is 2. The van der Waals surface area contributed by atoms with E-state index in [-0.39, 0.29) is 18.0 Å². The Morgan fingerprint density at radius 3 is 2.85 bits per heavy atom. The molecule has 0 aliphatic rings. The summed E-state index contributed by atoms with van der Waals surface area (Å²) in [5, 5.41) is 12.9. The number of benzene rings is 1. The molecule has 102 valence electrons. The van der Waals surface area contributed by atoms with Crippen molar-refractivity contribution in [2.45, 2.75) is 0 Å². The number of fused-ring (bicyclic) bond motifs is 1. The molecule has 0 saturated carbocycles. The fourth-order valence-corrected chi connectivity index (χ4v) is 1.72. The highest BCUT2D eigenvalue weighted by molar-refractivity contribution is 6.08. The van der Waals surface area contributed by atoms with E-state index in [4.69, 9.17) is 9.84 Å². The largest absolute Gasteiger partial charge is 0.476 e. The highest BCUT2D eigenvalue weighted by Crippen LogP contribution is 2.25. The maximum Gasteiger partial charge on any atom is 0.412 e. The van der Waals surface area contributed by atoms with E-state index in [2.05, 4.69) is 16.9 Å². The summed E-state index contributed by atoms with van der Waals surface area (Å²) in [4.78, 5) is 26.6. The molecule has 0 spiro atoms. The molecule has 0 saturated heterocycles. The highest BCUT2D eigenvalue weighted by Gasteiger charge is 2.17. The van der Waals surface area contributed by atoms with Crippen molar-refractivity contribution in [1.82, 2.24) is 4.98 Å². The number of nitrogens with one attached hydrogen (secondary N) is 1. The van der Waals surface area contributed by atoms with Gasteiger partial charge in [0, 0.05) is 17.0 Å². The molecule has 0 aliphatic heterocycles. The Bertz CT molecular complexity index is 682. The standard InChI is InChI=1S/C14H12N2O4/c1-2-7-20-14(19)16-11-10-6-4-3-5-9(10)8-15-12(11)13(17)18/h2-6,8H,1,7H2,(H,16,19)(H,17,18). The predicted molar refractivity (Wildman–Crippen MR) is 73.9 cm³/mol. The number of rotatable bonds is 4. The predicted octanol–water partition coefficient (Wildman–Crippen LogP) is 2.67. The molecule has 0 aliphatic carbocycles. The molecule has 2 rings (SSSR count). The number of pyridine rings is 1. The Labute approximate surface area is 114 Å². The van der Waals surface area contributed by atoms with Gasteiger partial charge in [0.1, 0.15) is 6.61 Å². The summed E-state index contributed by atoms with van der Waals surface area (Å²) in [7, 11) is 0. The topological polar surface area (TPSA) is 88.5 Å². The number of ether oxygens (including phenoxy) is 1. The Morgan fingerprint density at radius 1 is 1.40 bits per heavy atom. The number of aromatic nitrogens is 1. The van der Waals surface area contributed by atoms with E-state index in [9.17, 15) is 9.59 Å². The third-order valence-electron chi connectivity index (χ3n) is 2.56. The van der Waals surface area contributed by atoms with Crippen molar-refractivity contribution in [3.63, 3.8) is 0 Å². The Hall–Kier alpha value is -2.89. The highest BCUT2D eigenvalue weighted by atomic mass is 16.5. The molecule has 20 heavy (non-hydrogen) atoms. The number of hydrogen-bond acceptors (Lipinski definition) is 4. The van der Waals surface area contributed by atoms with Crippen LogP contribution in [0.2, 0.25) is 0 Å². The van der Waals surface area contributed by atoms with Crippen LogP contribution in [0.4, 0.5) is 10.5 Å². The van der Waals surface area contributed by atoms with Crippen molar-refractivity contribution in [3.05, 3.63) is 48.8 Å². The van der Waals surface area contributed by atoms with E-state index in [1.807, 2.05) is 0 Å². The van der Waals surface area contributed by atoms with Gasteiger partial charge in [-0.2, -0.15) is 0 Å². The molecule has 2 aromatic rings. The van der Waals surface area contributed by atoms with E-state index in [1.54, 1.807) is 24.3 Å². The Balaban J connectivity index is 2.47. The molecule has 6 nitrogen and oxygen atoms in total. The lowest BCUT2D eigenvalue weighted by atomic mass is 10.1. The molecular formula is C14H12N2O4. The molecule has 0 radical (unpaired) electrons. The average molecular weight is 272 g/mol. The fourth-order valence-electron chi connectivity index (χ4n) is 1.72. The molecule has 2 N–H and O–H groups in total. The lowest BCUT2D eigenvalue weighted by Gasteiger charge is -2.10. The van der Waals surface area contributed by atoms with Crippen molar-refractivity contribution >= 4 is 28.5 Å². The van der Waals surface area contributed by atoms with Crippen LogP contribution in [0.3, 0.4) is 0 Å². The van der Waals surface area contributed by atoms with E-state index in [0.29, 0.717) is 5.39 Å². The first-order valence-electron chi connectivity index (χ1n) is 5.79. The van der Waals surface area contributed by atoms with Crippen LogP contribution >= 0.6 is 0 Å². The van der Waals surface area contributed by atoms with Crippen molar-refractivity contribution in [2.24, 2.45) is 0 Å². The second-order valence-electron chi connectivity index (χ2n) is 3.89. The molecule has 0 bridgehead atoms. The van der Waals surface area contributed by atoms with E-state index in [0.717, 1.165) is 5.39 Å². The van der Waals surface area contributed by atoms with Crippen LogP contribution in [-0.2, 0) is 4.74 Å². The molecule has 6 heteroatoms. The van der Waals surface area contributed by atoms with Crippen LogP contribution in [0.25, 0.3) is 10.8 Å². The number of carbonyl (C=O) groups is 2. The molecule has 1 aromatic carbocycles. The van der Waals surface area contributed by atoms with E-state index in [1.165, 1.54) is 12.3 Å². The summed E-state index contributed by atoms with van der Waals surface area (Å²) >= 11 is 0. The summed E-state index contributed by atoms with van der Waals surface area (Å²) in [6.45, 7) is 3.46. The van der Waals surface area contributed by atoms with E-state index < -0.39 is 12.1 Å². The summed E-state index contributed by atoms with van der Waals surface area (Å²) < 4.78 is 4.79. The van der Waals surface area contributed by atoms with Crippen molar-refractivity contribution in [1.29, 1.82) is 0 Å². The zero-order valence-electron chi connectivity index (χ0n) is 10.5. The van der Waals surface area contributed by atoms with Crippen LogP contribution in [0.15, 0.2) is 43.1 Å². The van der Waals surface area contributed by atoms with Crippen LogP contribution < -0.4 is 5.32 Å². The van der Waals surface area contributed by atoms with Gasteiger partial charge in [-0.25, -0.2) is 14.6 Å². The second kappa shape index (κ2) is 5.83. The summed E-state index contributed by atoms with van der Waals surface area (Å²) in [5.74, 6) is -1.23. The number of carbonyl (C=O) groups excluding carboxylic acids is 1. The minimum atomic E-state index is -1.23. The first-order chi connectivity index (χ1) is 9.63. The van der Waals surface area contributed by atoms with Crippen molar-refractivity contribution < 1.29 is 19.4 Å². The third-order valence-corrected chi connectivity index (χ3v) is 2.56. The number of anilines is 1. The normalized spacial score (nSPS) is 10.0. The molecule has 0 atom stereocenters. The van der Waals surface area contributed by atoms with Crippen LogP contribution in [-0.4, -0.2) is 28.8 Å². The zero-order valence-corrected chi connectivity index (χ0v) is 10.5. The number of nitrogens with zero attached hydrogens (tertiary/aromatic N) is 1. The van der Waals surface area contributed by atoms with Gasteiger partial charge in [-0.15, -0.1) is 0 Å². The van der Waals surface area contributed by atoms with Crippen molar-refractivity contribution in [3.8, 4) is 0 Å². The summed E-state index contributed by atoms with van der Waals surface area (Å²) in [5.41, 5.74) is -0.121. The monoisotopic (exact) mass is 272 g/mol. The summed E-state index contributed by atoms with van der Waals surface area (Å²) in [6, 6.07) is 7.01. The minimum absolute atomic E-state index is 0.0342. The summed E-state index contributed by atoms with van der Waals surface area (Å²) in [6.07, 6.45) is 2.10. The fraction of sp³-hybridized carbons (Fsp3) is 0.0714. The maximum atomic E-state index is 11.6. The van der Waals surface area contributed by atoms with Gasteiger partial charge in [-0.1, -0.05) is 36.9 Å². The molecular weight excluding hydrogens is 260 g/mol. The van der Waals surface area contributed by atoms with E-state index >= 15 is 0 Å². The Kier molecular flexibility index (Phi) is 3.95. The molecule has 1 aromatic heterocycles. The zero-order chi connectivity index (χ0) is 14.5. The first kappa shape index (κ1) is 13.5. The SMILES string of the molecule is C=CCOC(=O)Nc1c(C(=O)O)ncc2ccccc12. The minimum Gasteiger partial charge on any atom is -0.476 e. The van der Waals surface area contributed by atoms with Gasteiger partial charge in [0.15, 0.2) is 5.69 Å². The van der Waals surface area contributed by atoms with Gasteiger partial charge < -0.3 is 9.84 Å². The third kappa shape index (κ3) is 2.74. The first-order valence-corrected chi connectivity index (χ1v) is 5.79. The molecule has 0 fully saturated rings. The molecule has 1 amide bonds. The van der Waals surface area contributed by atoms with Gasteiger partial charge in [0.25, 0.3) is 0 Å². The lowest BCUT2D eigenvalue weighted by Crippen LogP contribution is -2.17. The number of carboxylic acid groups (broad SMARTS) is 1. The molecule has 1 heterocycles. The van der Waals surface area contributed by atoms with Crippen molar-refractivity contribution in [2.75, 3.05) is 11.9 Å². The van der Waals surface area contributed by atoms with Gasteiger partial charge in [-0.3, -0.25) is 5.32 Å². The number of aromatic carboxylic acids is 1. The number of amides is 1. The Morgan fingerprint density at radius 2 is 2.15 bits per heavy atom. The quantitative estimate of drug-likeness (QED) is 0.835. The van der Waals surface area contributed by atoms with Gasteiger partial charge >= 0.3 is 12.1 Å². The van der Waals surface area contributed by atoms with Gasteiger partial charge in [-0.05, 0) is 0 Å². The second-order valence-corrected chi connectivity index (χ2v) is 3.89. The van der Waals surface area contributed by atoms with Crippen LogP contribution in [0.5, 0.6) is 0 Å². The van der Waals surface area contributed by atoms with Gasteiger partial charge in [0.2, 0.25) is 0 Å². The number of carboxylic acids is 1. The maximum absolute atomic E-state index is 11.6. The molecule has 0 unspecified atom stereocenters. The van der Waals surface area contributed by atoms with Crippen LogP contribution in [0.1, 0.15) is 10.5 Å². The lowest BCUT2D eigenvalue weighted by molar-refractivity contribution is 0.0692. The smallest absolute Gasteiger partial charge is 0.412 e.